The van der Waals surface area contributed by atoms with Crippen molar-refractivity contribution in [1.29, 1.82) is 0 Å². The van der Waals surface area contributed by atoms with E-state index in [2.05, 4.69) is 41.1 Å². The van der Waals surface area contributed by atoms with Gasteiger partial charge < -0.3 is 24.4 Å². The summed E-state index contributed by atoms with van der Waals surface area (Å²) >= 11 is 3.17. The fourth-order valence-electron chi connectivity index (χ4n) is 6.66. The molecule has 0 spiro atoms. The lowest BCUT2D eigenvalue weighted by Crippen LogP contribution is -2.36. The van der Waals surface area contributed by atoms with Crippen molar-refractivity contribution in [2.75, 3.05) is 50.7 Å². The third-order valence-corrected chi connectivity index (χ3v) is 9.85. The summed E-state index contributed by atoms with van der Waals surface area (Å²) < 4.78 is 46.7. The van der Waals surface area contributed by atoms with Crippen molar-refractivity contribution in [3.63, 3.8) is 0 Å². The summed E-state index contributed by atoms with van der Waals surface area (Å²) in [4.78, 5) is 30.8. The molecule has 5 heterocycles. The fraction of sp³-hybridized carbons (Fsp3) is 0.163. The van der Waals surface area contributed by atoms with Crippen LogP contribution in [-0.4, -0.2) is 65.4 Å². The van der Waals surface area contributed by atoms with Gasteiger partial charge in [0.2, 0.25) is 0 Å². The number of morpholine rings is 1. The molecule has 1 fully saturated rings. The van der Waals surface area contributed by atoms with Crippen LogP contribution in [0.2, 0.25) is 0 Å². The molecule has 0 aliphatic carbocycles. The minimum Gasteiger partial charge on any atom is -0.496 e. The first-order chi connectivity index (χ1) is 28.2. The molecule has 7 aromatic rings. The molecular formula is C43H36BrF2N7O5. The van der Waals surface area contributed by atoms with Crippen LogP contribution in [0.3, 0.4) is 0 Å². The molecule has 0 radical (unpaired) electrons. The number of fused-ring (bicyclic) bond motifs is 1. The molecule has 58 heavy (non-hydrogen) atoms. The van der Waals surface area contributed by atoms with Gasteiger partial charge in [-0.05, 0) is 65.3 Å². The number of nitrogens with one attached hydrogen (secondary N) is 1. The summed E-state index contributed by atoms with van der Waals surface area (Å²) in [7, 11) is 3.13. The Hall–Kier alpha value is -6.58. The topological polar surface area (TPSA) is 138 Å². The van der Waals surface area contributed by atoms with Crippen LogP contribution in [0.25, 0.3) is 44.8 Å². The predicted molar refractivity (Wildman–Crippen MR) is 223 cm³/mol. The van der Waals surface area contributed by atoms with E-state index in [4.69, 9.17) is 19.2 Å². The lowest BCUT2D eigenvalue weighted by Gasteiger charge is -2.29. The first-order valence-corrected chi connectivity index (χ1v) is 18.8. The molecule has 12 nitrogen and oxygen atoms in total. The highest BCUT2D eigenvalue weighted by molar-refractivity contribution is 9.10. The van der Waals surface area contributed by atoms with Gasteiger partial charge in [-0.25, -0.2) is 18.7 Å². The number of pyridine rings is 4. The fourth-order valence-corrected chi connectivity index (χ4v) is 6.98. The highest BCUT2D eigenvalue weighted by atomic mass is 79.9. The van der Waals surface area contributed by atoms with Gasteiger partial charge in [0.05, 0.1) is 83.6 Å². The summed E-state index contributed by atoms with van der Waals surface area (Å²) in [5.41, 5.74) is 6.19. The van der Waals surface area contributed by atoms with E-state index < -0.39 is 16.6 Å². The number of rotatable bonds is 9. The molecule has 15 heteroatoms. The molecule has 294 valence electrons. The molecular weight excluding hydrogens is 812 g/mol. The van der Waals surface area contributed by atoms with Crippen molar-refractivity contribution in [3.8, 4) is 45.4 Å². The van der Waals surface area contributed by atoms with Crippen LogP contribution in [0.15, 0.2) is 114 Å². The minimum absolute atomic E-state index is 0.0612. The second-order valence-electron chi connectivity index (χ2n) is 13.0. The second kappa shape index (κ2) is 17.7. The van der Waals surface area contributed by atoms with E-state index in [1.807, 2.05) is 55.6 Å². The van der Waals surface area contributed by atoms with Crippen molar-refractivity contribution in [2.24, 2.45) is 0 Å². The molecule has 0 saturated carbocycles. The van der Waals surface area contributed by atoms with Gasteiger partial charge in [-0.2, -0.15) is 0 Å². The standard InChI is InChI=1S/C31H27F2N5O2.C12H9BrN2O3/c1-19-29(24-8-5-6-10-34-24)36-25-16-20(32)15-23(33)28(25)30(19)37-26-17-21(38-11-13-40-14-12-38)18-35-31(26)22-7-3-4-9-27(22)39-2;1-18-11-5-3-2-4-9(11)12-10(15(16)17)6-8(13)7-14-12/h3-10,15-18H,11-14H2,1-2H3,(H,36,37);2-7H,1H3. The van der Waals surface area contributed by atoms with Gasteiger partial charge in [-0.1, -0.05) is 30.3 Å². The molecule has 3 aromatic carbocycles. The molecule has 1 saturated heterocycles. The Morgan fingerprint density at radius 1 is 0.828 bits per heavy atom. The third kappa shape index (κ3) is 8.40. The third-order valence-electron chi connectivity index (χ3n) is 9.42. The number of methoxy groups -OCH3 is 2. The maximum Gasteiger partial charge on any atom is 0.296 e. The highest BCUT2D eigenvalue weighted by Gasteiger charge is 2.23. The van der Waals surface area contributed by atoms with E-state index in [0.29, 0.717) is 74.5 Å². The number of aromatic nitrogens is 4. The molecule has 0 atom stereocenters. The Labute approximate surface area is 340 Å². The first-order valence-electron chi connectivity index (χ1n) is 18.0. The number of nitro groups is 1. The molecule has 1 N–H and O–H groups in total. The van der Waals surface area contributed by atoms with Crippen LogP contribution in [-0.2, 0) is 4.74 Å². The Morgan fingerprint density at radius 2 is 1.48 bits per heavy atom. The summed E-state index contributed by atoms with van der Waals surface area (Å²) in [6.07, 6.45) is 5.01. The van der Waals surface area contributed by atoms with Crippen LogP contribution in [0.4, 0.5) is 31.5 Å². The number of halogens is 3. The summed E-state index contributed by atoms with van der Waals surface area (Å²) in [6.45, 7) is 4.54. The molecule has 8 rings (SSSR count). The number of ether oxygens (including phenoxy) is 3. The number of anilines is 3. The van der Waals surface area contributed by atoms with Crippen LogP contribution < -0.4 is 19.7 Å². The quantitative estimate of drug-likeness (QED) is 0.110. The highest BCUT2D eigenvalue weighted by Crippen LogP contribution is 2.41. The van der Waals surface area contributed by atoms with Gasteiger partial charge >= 0.3 is 0 Å². The monoisotopic (exact) mass is 847 g/mol. The van der Waals surface area contributed by atoms with Gasteiger partial charge in [-0.3, -0.25) is 20.1 Å². The molecule has 1 aliphatic heterocycles. The van der Waals surface area contributed by atoms with E-state index in [1.165, 1.54) is 25.4 Å². The van der Waals surface area contributed by atoms with Gasteiger partial charge in [0.25, 0.3) is 5.69 Å². The SMILES string of the molecule is COc1ccccc1-c1ncc(Br)cc1[N+](=O)[O-].COc1ccccc1-c1ncc(N2CCOCC2)cc1Nc1c(C)c(-c2ccccn2)nc2cc(F)cc(F)c12. The van der Waals surface area contributed by atoms with Crippen LogP contribution in [0.1, 0.15) is 5.56 Å². The van der Waals surface area contributed by atoms with Crippen molar-refractivity contribution in [3.05, 3.63) is 141 Å². The average molecular weight is 849 g/mol. The summed E-state index contributed by atoms with van der Waals surface area (Å²) in [5, 5.41) is 14.7. The zero-order valence-electron chi connectivity index (χ0n) is 31.6. The number of hydrogen-bond acceptors (Lipinski definition) is 11. The minimum atomic E-state index is -0.711. The van der Waals surface area contributed by atoms with Crippen molar-refractivity contribution in [1.82, 2.24) is 19.9 Å². The molecule has 0 bridgehead atoms. The number of benzene rings is 3. The Morgan fingerprint density at radius 3 is 2.14 bits per heavy atom. The molecule has 0 unspecified atom stereocenters. The first kappa shape index (κ1) is 39.6. The number of nitrogens with zero attached hydrogens (tertiary/aromatic N) is 6. The second-order valence-corrected chi connectivity index (χ2v) is 13.9. The Balaban J connectivity index is 0.000000238. The normalized spacial score (nSPS) is 12.4. The Kier molecular flexibility index (Phi) is 12.1. The lowest BCUT2D eigenvalue weighted by atomic mass is 10.0. The van der Waals surface area contributed by atoms with Gasteiger partial charge in [0.1, 0.15) is 23.1 Å². The molecule has 0 amide bonds. The Bertz CT molecular complexity index is 2610. The van der Waals surface area contributed by atoms with E-state index in [9.17, 15) is 14.5 Å². The van der Waals surface area contributed by atoms with Gasteiger partial charge in [-0.15, -0.1) is 0 Å². The lowest BCUT2D eigenvalue weighted by molar-refractivity contribution is -0.384. The smallest absolute Gasteiger partial charge is 0.296 e. The summed E-state index contributed by atoms with van der Waals surface area (Å²) in [6, 6.07) is 25.7. The van der Waals surface area contributed by atoms with E-state index in [1.54, 1.807) is 43.6 Å². The van der Waals surface area contributed by atoms with Crippen molar-refractivity contribution >= 4 is 49.6 Å². The molecule has 4 aromatic heterocycles. The zero-order chi connectivity index (χ0) is 40.8. The van der Waals surface area contributed by atoms with Crippen molar-refractivity contribution < 1.29 is 27.9 Å². The van der Waals surface area contributed by atoms with E-state index in [0.717, 1.165) is 30.4 Å². The van der Waals surface area contributed by atoms with E-state index in [-0.39, 0.29) is 16.6 Å². The maximum absolute atomic E-state index is 15.4. The zero-order valence-corrected chi connectivity index (χ0v) is 33.2. The van der Waals surface area contributed by atoms with Crippen molar-refractivity contribution in [2.45, 2.75) is 6.92 Å². The van der Waals surface area contributed by atoms with Crippen LogP contribution in [0, 0.1) is 28.7 Å². The maximum atomic E-state index is 15.4. The average Bonchev–Trinajstić information content (AvgIpc) is 3.25. The van der Waals surface area contributed by atoms with Gasteiger partial charge in [0, 0.05) is 64.8 Å². The largest absolute Gasteiger partial charge is 0.496 e. The van der Waals surface area contributed by atoms with Crippen LogP contribution >= 0.6 is 15.9 Å². The van der Waals surface area contributed by atoms with Crippen LogP contribution in [0.5, 0.6) is 11.5 Å². The molecule has 1 aliphatic rings. The summed E-state index contributed by atoms with van der Waals surface area (Å²) in [5.74, 6) is -0.215. The number of para-hydroxylation sites is 2. The van der Waals surface area contributed by atoms with Gasteiger partial charge in [0.15, 0.2) is 5.69 Å². The predicted octanol–water partition coefficient (Wildman–Crippen LogP) is 9.96. The van der Waals surface area contributed by atoms with E-state index >= 15 is 4.39 Å². The number of hydrogen-bond donors (Lipinski definition) is 1.